The summed E-state index contributed by atoms with van der Waals surface area (Å²) in [5.74, 6) is 0.0515. The van der Waals surface area contributed by atoms with Crippen LogP contribution in [-0.4, -0.2) is 48.4 Å². The number of aromatic nitrogens is 1. The zero-order valence-corrected chi connectivity index (χ0v) is 20.1. The van der Waals surface area contributed by atoms with Crippen LogP contribution < -0.4 is 9.38 Å². The maximum absolute atomic E-state index is 14.2. The van der Waals surface area contributed by atoms with Crippen molar-refractivity contribution in [3.8, 4) is 5.75 Å². The van der Waals surface area contributed by atoms with E-state index in [-0.39, 0.29) is 17.5 Å². The summed E-state index contributed by atoms with van der Waals surface area (Å²) in [6, 6.07) is 6.96. The number of carbonyl (C=O) groups is 1. The summed E-state index contributed by atoms with van der Waals surface area (Å²) in [6.07, 6.45) is 6.20. The third-order valence-corrected chi connectivity index (χ3v) is 6.75. The minimum Gasteiger partial charge on any atom is -0.622 e. The molecule has 1 aromatic carbocycles. The minimum absolute atomic E-state index is 0.0816. The Labute approximate surface area is 201 Å². The van der Waals surface area contributed by atoms with Crippen LogP contribution in [0.2, 0.25) is 5.22 Å². The first kappa shape index (κ1) is 23.7. The number of esters is 1. The quantitative estimate of drug-likeness (QED) is 0.127. The van der Waals surface area contributed by atoms with Gasteiger partial charge < -0.3 is 19.1 Å². The van der Waals surface area contributed by atoms with Gasteiger partial charge in [-0.3, -0.25) is 4.65 Å². The van der Waals surface area contributed by atoms with E-state index in [2.05, 4.69) is 11.1 Å². The van der Waals surface area contributed by atoms with E-state index in [0.717, 1.165) is 24.1 Å². The van der Waals surface area contributed by atoms with Crippen molar-refractivity contribution >= 4 is 44.3 Å². The molecule has 0 aliphatic carbocycles. The summed E-state index contributed by atoms with van der Waals surface area (Å²) >= 11 is 7.10. The van der Waals surface area contributed by atoms with Crippen molar-refractivity contribution in [3.63, 3.8) is 0 Å². The van der Waals surface area contributed by atoms with Gasteiger partial charge in [0, 0.05) is 18.7 Å². The summed E-state index contributed by atoms with van der Waals surface area (Å²) < 4.78 is 16.3. The lowest BCUT2D eigenvalue weighted by Crippen LogP contribution is -2.50. The summed E-state index contributed by atoms with van der Waals surface area (Å²) in [6.45, 7) is 5.63. The number of allylic oxidation sites excluding steroid dienone is 2. The molecule has 2 aromatic heterocycles. The number of ether oxygens (including phenoxy) is 2. The molecule has 2 atom stereocenters. The molecule has 3 aromatic rings. The predicted octanol–water partition coefficient (Wildman–Crippen LogP) is 5.56. The molecule has 1 aliphatic rings. The van der Waals surface area contributed by atoms with Crippen molar-refractivity contribution < 1.29 is 18.7 Å². The molecule has 0 saturated carbocycles. The molecule has 176 valence electrons. The average Bonchev–Trinajstić information content (AvgIpc) is 3.49. The number of fused-ring (bicyclic) bond motifs is 1. The molecule has 1 aliphatic heterocycles. The number of rotatable bonds is 9. The molecule has 0 N–H and O–H groups in total. The first-order valence-electron chi connectivity index (χ1n) is 10.8. The Kier molecular flexibility index (Phi) is 7.35. The Bertz CT molecular complexity index is 1150. The van der Waals surface area contributed by atoms with Gasteiger partial charge in [-0.05, 0) is 50.4 Å². The number of hydroxylamine groups is 2. The van der Waals surface area contributed by atoms with Crippen molar-refractivity contribution in [1.29, 1.82) is 0 Å². The zero-order chi connectivity index (χ0) is 23.4. The predicted molar refractivity (Wildman–Crippen MR) is 129 cm³/mol. The second kappa shape index (κ2) is 10.2. The van der Waals surface area contributed by atoms with Gasteiger partial charge in [0.1, 0.15) is 18.7 Å². The summed E-state index contributed by atoms with van der Waals surface area (Å²) in [5.41, 5.74) is 0.858. The van der Waals surface area contributed by atoms with E-state index in [1.54, 1.807) is 0 Å². The highest BCUT2D eigenvalue weighted by Gasteiger charge is 2.46. The van der Waals surface area contributed by atoms with Gasteiger partial charge in [-0.2, -0.15) is 4.98 Å². The standard InChI is InChI=1S/C23H26ClN3O5S/c1-3-5-6-7-10-26-13-21(32-22(28)16-11-20(24)31-14-16)27(29,15-26)23-25-18-12-17(30-4-2)8-9-19(18)33-23/h3,5,8-9,11-12,14,21H,4,6-7,10,13,15H2,1-2H3. The van der Waals surface area contributed by atoms with Crippen LogP contribution in [0, 0.1) is 5.21 Å². The topological polar surface area (TPSA) is 87.9 Å². The average molecular weight is 492 g/mol. The lowest BCUT2D eigenvalue weighted by atomic mass is 10.3. The lowest BCUT2D eigenvalue weighted by molar-refractivity contribution is 0.00558. The second-order valence-electron chi connectivity index (χ2n) is 7.78. The first-order chi connectivity index (χ1) is 15.9. The number of unbranched alkanes of at least 4 members (excludes halogenated alkanes) is 1. The van der Waals surface area contributed by atoms with Gasteiger partial charge in [-0.1, -0.05) is 23.5 Å². The van der Waals surface area contributed by atoms with E-state index in [1.807, 2.05) is 43.0 Å². The first-order valence-corrected chi connectivity index (χ1v) is 12.0. The number of quaternary nitrogens is 1. The summed E-state index contributed by atoms with van der Waals surface area (Å²) in [4.78, 5) is 19.3. The van der Waals surface area contributed by atoms with Crippen LogP contribution >= 0.6 is 22.9 Å². The van der Waals surface area contributed by atoms with Crippen molar-refractivity contribution in [3.05, 3.63) is 58.7 Å². The van der Waals surface area contributed by atoms with Gasteiger partial charge >= 0.3 is 5.97 Å². The number of furan rings is 1. The molecule has 1 saturated heterocycles. The highest BCUT2D eigenvalue weighted by Crippen LogP contribution is 2.39. The van der Waals surface area contributed by atoms with Gasteiger partial charge in [0.05, 0.1) is 28.9 Å². The molecular weight excluding hydrogens is 466 g/mol. The molecule has 2 unspecified atom stereocenters. The number of hydrogen-bond donors (Lipinski definition) is 0. The van der Waals surface area contributed by atoms with Crippen LogP contribution in [0.15, 0.2) is 47.1 Å². The fourth-order valence-corrected chi connectivity index (χ4v) is 4.97. The molecule has 0 radical (unpaired) electrons. The van der Waals surface area contributed by atoms with Crippen LogP contribution in [0.4, 0.5) is 5.13 Å². The number of thiazole rings is 1. The zero-order valence-electron chi connectivity index (χ0n) is 18.5. The smallest absolute Gasteiger partial charge is 0.346 e. The Morgan fingerprint density at radius 3 is 3.03 bits per heavy atom. The highest BCUT2D eigenvalue weighted by atomic mass is 35.5. The Balaban J connectivity index is 1.60. The number of halogens is 1. The molecular formula is C23H26ClN3O5S. The fourth-order valence-electron chi connectivity index (χ4n) is 3.79. The number of carbonyl (C=O) groups excluding carboxylic acids is 1. The maximum Gasteiger partial charge on any atom is 0.346 e. The van der Waals surface area contributed by atoms with Crippen LogP contribution in [0.25, 0.3) is 10.2 Å². The largest absolute Gasteiger partial charge is 0.622 e. The minimum atomic E-state index is -0.959. The monoisotopic (exact) mass is 491 g/mol. The fraction of sp³-hybridized carbons (Fsp3) is 0.391. The molecule has 33 heavy (non-hydrogen) atoms. The molecule has 10 heteroatoms. The molecule has 0 bridgehead atoms. The number of nitrogens with zero attached hydrogens (tertiary/aromatic N) is 3. The normalized spacial score (nSPS) is 21.3. The highest BCUT2D eigenvalue weighted by molar-refractivity contribution is 7.22. The van der Waals surface area contributed by atoms with E-state index >= 15 is 0 Å². The SMILES string of the molecule is CC=CCCCN1CC(OC(=O)c2coc(Cl)c2)[N+]([O-])(c2nc3cc(OCC)ccc3s2)C1. The van der Waals surface area contributed by atoms with E-state index in [1.165, 1.54) is 23.7 Å². The Morgan fingerprint density at radius 2 is 2.30 bits per heavy atom. The third kappa shape index (κ3) is 5.23. The lowest BCUT2D eigenvalue weighted by Gasteiger charge is -2.38. The molecule has 8 nitrogen and oxygen atoms in total. The summed E-state index contributed by atoms with van der Waals surface area (Å²) in [7, 11) is 0. The van der Waals surface area contributed by atoms with E-state index in [0.29, 0.717) is 29.5 Å². The van der Waals surface area contributed by atoms with Gasteiger partial charge in [0.2, 0.25) is 0 Å². The molecule has 0 spiro atoms. The Hall–Kier alpha value is -2.43. The van der Waals surface area contributed by atoms with Crippen molar-refractivity contribution in [2.75, 3.05) is 26.4 Å². The van der Waals surface area contributed by atoms with E-state index < -0.39 is 16.8 Å². The molecule has 1 fully saturated rings. The van der Waals surface area contributed by atoms with E-state index in [4.69, 9.17) is 25.5 Å². The van der Waals surface area contributed by atoms with Crippen molar-refractivity contribution in [2.45, 2.75) is 32.9 Å². The second-order valence-corrected chi connectivity index (χ2v) is 9.17. The Morgan fingerprint density at radius 1 is 1.45 bits per heavy atom. The van der Waals surface area contributed by atoms with Crippen LogP contribution in [0.3, 0.4) is 0 Å². The van der Waals surface area contributed by atoms with Crippen LogP contribution in [0.5, 0.6) is 5.75 Å². The number of hydrogen-bond acceptors (Lipinski definition) is 8. The van der Waals surface area contributed by atoms with E-state index in [9.17, 15) is 10.0 Å². The van der Waals surface area contributed by atoms with Crippen molar-refractivity contribution in [2.24, 2.45) is 0 Å². The van der Waals surface area contributed by atoms with Crippen LogP contribution in [-0.2, 0) is 4.74 Å². The third-order valence-electron chi connectivity index (χ3n) is 5.40. The molecule has 0 amide bonds. The van der Waals surface area contributed by atoms with Gasteiger partial charge in [0.25, 0.3) is 11.4 Å². The van der Waals surface area contributed by atoms with Gasteiger partial charge in [-0.15, -0.1) is 0 Å². The van der Waals surface area contributed by atoms with Crippen molar-refractivity contribution in [1.82, 2.24) is 14.5 Å². The summed E-state index contributed by atoms with van der Waals surface area (Å²) in [5, 5.41) is 14.6. The molecule has 4 rings (SSSR count). The van der Waals surface area contributed by atoms with Crippen LogP contribution in [0.1, 0.15) is 37.0 Å². The molecule has 3 heterocycles. The number of benzene rings is 1. The maximum atomic E-state index is 14.2. The van der Waals surface area contributed by atoms with Gasteiger partial charge in [-0.25, -0.2) is 9.69 Å². The van der Waals surface area contributed by atoms with Gasteiger partial charge in [0.15, 0.2) is 5.22 Å².